The van der Waals surface area contributed by atoms with Gasteiger partial charge in [-0.1, -0.05) is 11.6 Å². The van der Waals surface area contributed by atoms with Crippen LogP contribution in [0, 0.1) is 5.92 Å². The molecule has 8 nitrogen and oxygen atoms in total. The summed E-state index contributed by atoms with van der Waals surface area (Å²) in [5, 5.41) is 17.5. The summed E-state index contributed by atoms with van der Waals surface area (Å²) in [5.74, 6) is 0.539. The summed E-state index contributed by atoms with van der Waals surface area (Å²) in [6, 6.07) is 0.105. The first kappa shape index (κ1) is 11.1. The first-order valence-corrected chi connectivity index (χ1v) is 5.95. The highest BCUT2D eigenvalue weighted by molar-refractivity contribution is 5.81. The number of hydrogen-bond acceptors (Lipinski definition) is 7. The summed E-state index contributed by atoms with van der Waals surface area (Å²) in [7, 11) is 0. The molecule has 0 aliphatic heterocycles. The molecule has 0 unspecified atom stereocenters. The number of nitrogens with zero attached hydrogens (tertiary/aromatic N) is 5. The molecule has 2 heterocycles. The molecular weight excluding hydrogens is 234 g/mol. The van der Waals surface area contributed by atoms with Gasteiger partial charge in [0.15, 0.2) is 17.0 Å². The number of aliphatic hydroxyl groups excluding tert-OH is 1. The second kappa shape index (κ2) is 4.05. The van der Waals surface area contributed by atoms with Crippen LogP contribution in [0.25, 0.3) is 11.2 Å². The van der Waals surface area contributed by atoms with Gasteiger partial charge in [0.2, 0.25) is 5.95 Å². The van der Waals surface area contributed by atoms with Crippen LogP contribution in [0.15, 0.2) is 0 Å². The maximum atomic E-state index is 9.37. The van der Waals surface area contributed by atoms with Crippen LogP contribution >= 0.6 is 0 Å². The topological polar surface area (TPSA) is 129 Å². The number of nitrogen functional groups attached to an aromatic ring is 2. The zero-order valence-electron chi connectivity index (χ0n) is 9.82. The molecule has 3 rings (SSSR count). The lowest BCUT2D eigenvalue weighted by Gasteiger charge is -2.17. The van der Waals surface area contributed by atoms with Crippen LogP contribution in [0.5, 0.6) is 0 Å². The van der Waals surface area contributed by atoms with E-state index in [0.29, 0.717) is 11.2 Å². The first-order chi connectivity index (χ1) is 8.70. The molecule has 2 aromatic heterocycles. The van der Waals surface area contributed by atoms with E-state index in [-0.39, 0.29) is 30.3 Å². The fourth-order valence-corrected chi connectivity index (χ4v) is 2.64. The zero-order chi connectivity index (χ0) is 12.7. The van der Waals surface area contributed by atoms with Gasteiger partial charge in [-0.25, -0.2) is 4.68 Å². The van der Waals surface area contributed by atoms with Crippen molar-refractivity contribution in [3.63, 3.8) is 0 Å². The molecule has 0 radical (unpaired) electrons. The van der Waals surface area contributed by atoms with Crippen LogP contribution in [0.2, 0.25) is 0 Å². The Morgan fingerprint density at radius 2 is 2.11 bits per heavy atom. The number of anilines is 2. The monoisotopic (exact) mass is 249 g/mol. The fourth-order valence-electron chi connectivity index (χ4n) is 2.64. The number of nitrogens with two attached hydrogens (primary N) is 2. The highest BCUT2D eigenvalue weighted by atomic mass is 16.3. The second-order valence-corrected chi connectivity index (χ2v) is 4.61. The molecular formula is C10H15N7O. The molecule has 1 saturated carbocycles. The molecule has 1 fully saturated rings. The summed E-state index contributed by atoms with van der Waals surface area (Å²) in [4.78, 5) is 8.01. The average molecular weight is 249 g/mol. The van der Waals surface area contributed by atoms with Gasteiger partial charge in [-0.2, -0.15) is 9.97 Å². The minimum absolute atomic E-state index is 0.105. The second-order valence-electron chi connectivity index (χ2n) is 4.61. The standard InChI is InChI=1S/C10H15N7O/c11-8-7-9(14-10(12)13-8)17(16-15-7)6-3-1-2-5(6)4-18/h5-6,18H,1-4H2,(H4,11,12,13,14)/t5-,6-/m0/s1. The Kier molecular flexibility index (Phi) is 2.51. The number of hydrogen-bond donors (Lipinski definition) is 3. The number of aliphatic hydroxyl groups is 1. The zero-order valence-corrected chi connectivity index (χ0v) is 9.82. The van der Waals surface area contributed by atoms with E-state index in [9.17, 15) is 5.11 Å². The van der Waals surface area contributed by atoms with Crippen molar-refractivity contribution in [2.75, 3.05) is 18.1 Å². The number of aromatic nitrogens is 5. The maximum absolute atomic E-state index is 9.37. The lowest BCUT2D eigenvalue weighted by atomic mass is 10.1. The molecule has 1 aliphatic rings. The minimum Gasteiger partial charge on any atom is -0.396 e. The molecule has 96 valence electrons. The quantitative estimate of drug-likeness (QED) is 0.667. The van der Waals surface area contributed by atoms with E-state index in [2.05, 4.69) is 20.3 Å². The van der Waals surface area contributed by atoms with Crippen LogP contribution in [0.3, 0.4) is 0 Å². The predicted octanol–water partition coefficient (Wildman–Crippen LogP) is -0.281. The highest BCUT2D eigenvalue weighted by Gasteiger charge is 2.31. The van der Waals surface area contributed by atoms with Crippen molar-refractivity contribution in [3.8, 4) is 0 Å². The Balaban J connectivity index is 2.12. The average Bonchev–Trinajstić information content (AvgIpc) is 2.93. The van der Waals surface area contributed by atoms with Crippen molar-refractivity contribution in [2.24, 2.45) is 5.92 Å². The third kappa shape index (κ3) is 1.57. The van der Waals surface area contributed by atoms with Crippen molar-refractivity contribution in [2.45, 2.75) is 25.3 Å². The summed E-state index contributed by atoms with van der Waals surface area (Å²) in [6.07, 6.45) is 3.00. The number of fused-ring (bicyclic) bond motifs is 1. The molecule has 0 spiro atoms. The van der Waals surface area contributed by atoms with Crippen molar-refractivity contribution < 1.29 is 5.11 Å². The summed E-state index contributed by atoms with van der Waals surface area (Å²) in [5.41, 5.74) is 12.4. The van der Waals surface area contributed by atoms with Crippen LogP contribution in [0.4, 0.5) is 11.8 Å². The SMILES string of the molecule is Nc1nc(N)c2nnn([C@H]3CCC[C@H]3CO)c2n1. The Labute approximate surface area is 103 Å². The van der Waals surface area contributed by atoms with E-state index in [1.54, 1.807) is 4.68 Å². The van der Waals surface area contributed by atoms with Crippen molar-refractivity contribution >= 4 is 22.9 Å². The number of rotatable bonds is 2. The lowest BCUT2D eigenvalue weighted by molar-refractivity contribution is 0.191. The largest absolute Gasteiger partial charge is 0.396 e. The van der Waals surface area contributed by atoms with Crippen molar-refractivity contribution in [1.29, 1.82) is 0 Å². The molecule has 2 aromatic rings. The van der Waals surface area contributed by atoms with E-state index in [1.807, 2.05) is 0 Å². The summed E-state index contributed by atoms with van der Waals surface area (Å²) >= 11 is 0. The van der Waals surface area contributed by atoms with Gasteiger partial charge in [0, 0.05) is 12.5 Å². The smallest absolute Gasteiger partial charge is 0.224 e. The Bertz CT molecular complexity index is 581. The molecule has 0 amide bonds. The van der Waals surface area contributed by atoms with Gasteiger partial charge in [-0.15, -0.1) is 5.10 Å². The first-order valence-electron chi connectivity index (χ1n) is 5.95. The Morgan fingerprint density at radius 3 is 2.89 bits per heavy atom. The van der Waals surface area contributed by atoms with Gasteiger partial charge in [0.1, 0.15) is 0 Å². The highest BCUT2D eigenvalue weighted by Crippen LogP contribution is 2.36. The van der Waals surface area contributed by atoms with E-state index >= 15 is 0 Å². The third-order valence-corrected chi connectivity index (χ3v) is 3.54. The van der Waals surface area contributed by atoms with Gasteiger partial charge in [0.05, 0.1) is 6.04 Å². The molecule has 0 saturated heterocycles. The Morgan fingerprint density at radius 1 is 1.28 bits per heavy atom. The van der Waals surface area contributed by atoms with Crippen molar-refractivity contribution in [3.05, 3.63) is 0 Å². The van der Waals surface area contributed by atoms with Gasteiger partial charge in [-0.05, 0) is 12.8 Å². The van der Waals surface area contributed by atoms with Gasteiger partial charge < -0.3 is 16.6 Å². The maximum Gasteiger partial charge on any atom is 0.224 e. The van der Waals surface area contributed by atoms with Crippen LogP contribution < -0.4 is 11.5 Å². The van der Waals surface area contributed by atoms with Gasteiger partial charge >= 0.3 is 0 Å². The molecule has 2 atom stereocenters. The van der Waals surface area contributed by atoms with E-state index in [0.717, 1.165) is 19.3 Å². The fraction of sp³-hybridized carbons (Fsp3) is 0.600. The van der Waals surface area contributed by atoms with Crippen LogP contribution in [0.1, 0.15) is 25.3 Å². The van der Waals surface area contributed by atoms with Gasteiger partial charge in [0.25, 0.3) is 0 Å². The van der Waals surface area contributed by atoms with E-state index < -0.39 is 0 Å². The molecule has 1 aliphatic carbocycles. The normalized spacial score (nSPS) is 23.8. The lowest BCUT2D eigenvalue weighted by Crippen LogP contribution is -2.19. The Hall–Kier alpha value is -1.96. The van der Waals surface area contributed by atoms with E-state index in [4.69, 9.17) is 11.5 Å². The van der Waals surface area contributed by atoms with Crippen LogP contribution in [-0.4, -0.2) is 36.7 Å². The molecule has 5 N–H and O–H groups in total. The van der Waals surface area contributed by atoms with Crippen LogP contribution in [-0.2, 0) is 0 Å². The van der Waals surface area contributed by atoms with Gasteiger partial charge in [-0.3, -0.25) is 0 Å². The summed E-state index contributed by atoms with van der Waals surface area (Å²) in [6.45, 7) is 0.141. The molecule has 0 aromatic carbocycles. The molecule has 0 bridgehead atoms. The summed E-state index contributed by atoms with van der Waals surface area (Å²) < 4.78 is 1.72. The molecule has 8 heteroatoms. The predicted molar refractivity (Wildman–Crippen MR) is 65.4 cm³/mol. The van der Waals surface area contributed by atoms with Crippen molar-refractivity contribution in [1.82, 2.24) is 25.0 Å². The molecule has 18 heavy (non-hydrogen) atoms. The minimum atomic E-state index is 0.105. The third-order valence-electron chi connectivity index (χ3n) is 3.54. The van der Waals surface area contributed by atoms with E-state index in [1.165, 1.54) is 0 Å².